The highest BCUT2D eigenvalue weighted by Gasteiger charge is 2.17. The zero-order valence-electron chi connectivity index (χ0n) is 16.1. The van der Waals surface area contributed by atoms with Gasteiger partial charge in [0, 0.05) is 30.5 Å². The van der Waals surface area contributed by atoms with E-state index in [0.717, 1.165) is 18.1 Å². The van der Waals surface area contributed by atoms with Crippen molar-refractivity contribution < 1.29 is 14.2 Å². The Hall–Kier alpha value is -1.03. The van der Waals surface area contributed by atoms with Crippen LogP contribution in [-0.2, 0) is 6.54 Å². The standard InChI is InChI=1S/C17H29N3O3S.HI/c1-17(2,24-7)11-20-16(18-3)19-10-13-14(22-5)8-12(21-4)9-15(13)23-6;/h8-9H,10-11H2,1-7H3,(H2,18,19,20);1H. The van der Waals surface area contributed by atoms with Gasteiger partial charge in [-0.3, -0.25) is 4.99 Å². The number of ether oxygens (including phenoxy) is 3. The minimum Gasteiger partial charge on any atom is -0.496 e. The van der Waals surface area contributed by atoms with Crippen LogP contribution in [0.2, 0.25) is 0 Å². The molecule has 1 aromatic rings. The second kappa shape index (κ2) is 11.6. The predicted molar refractivity (Wildman–Crippen MR) is 117 cm³/mol. The summed E-state index contributed by atoms with van der Waals surface area (Å²) in [4.78, 5) is 4.26. The number of hydrogen-bond donors (Lipinski definition) is 2. The molecule has 0 amide bonds. The third-order valence-corrected chi connectivity index (χ3v) is 4.96. The average molecular weight is 483 g/mol. The van der Waals surface area contributed by atoms with E-state index in [0.29, 0.717) is 23.8 Å². The Labute approximate surface area is 172 Å². The molecule has 0 aromatic heterocycles. The number of hydrogen-bond acceptors (Lipinski definition) is 5. The van der Waals surface area contributed by atoms with Gasteiger partial charge in [0.2, 0.25) is 0 Å². The zero-order chi connectivity index (χ0) is 18.2. The van der Waals surface area contributed by atoms with Gasteiger partial charge < -0.3 is 24.8 Å². The van der Waals surface area contributed by atoms with Crippen LogP contribution < -0.4 is 24.8 Å². The molecule has 0 fully saturated rings. The Bertz CT molecular complexity index is 543. The largest absolute Gasteiger partial charge is 0.496 e. The first-order valence-corrected chi connectivity index (χ1v) is 8.91. The fourth-order valence-electron chi connectivity index (χ4n) is 2.01. The van der Waals surface area contributed by atoms with Crippen LogP contribution in [0.5, 0.6) is 17.2 Å². The van der Waals surface area contributed by atoms with E-state index in [1.165, 1.54) is 0 Å². The van der Waals surface area contributed by atoms with Crippen molar-refractivity contribution in [1.29, 1.82) is 0 Å². The molecule has 2 N–H and O–H groups in total. The molecule has 0 radical (unpaired) electrons. The van der Waals surface area contributed by atoms with Crippen molar-refractivity contribution >= 4 is 41.7 Å². The number of nitrogens with one attached hydrogen (secondary N) is 2. The van der Waals surface area contributed by atoms with E-state index in [9.17, 15) is 0 Å². The highest BCUT2D eigenvalue weighted by Crippen LogP contribution is 2.33. The SMILES string of the molecule is CN=C(NCc1c(OC)cc(OC)cc1OC)NCC(C)(C)SC.I. The molecule has 0 atom stereocenters. The van der Waals surface area contributed by atoms with Crippen molar-refractivity contribution in [3.63, 3.8) is 0 Å². The van der Waals surface area contributed by atoms with Crippen LogP contribution in [-0.4, -0.2) is 51.9 Å². The summed E-state index contributed by atoms with van der Waals surface area (Å²) in [6.45, 7) is 5.71. The van der Waals surface area contributed by atoms with Crippen LogP contribution in [0, 0.1) is 0 Å². The van der Waals surface area contributed by atoms with Crippen molar-refractivity contribution in [3.8, 4) is 17.2 Å². The van der Waals surface area contributed by atoms with Gasteiger partial charge in [-0.05, 0) is 20.1 Å². The van der Waals surface area contributed by atoms with Gasteiger partial charge in [-0.25, -0.2) is 0 Å². The van der Waals surface area contributed by atoms with Gasteiger partial charge in [0.05, 0.1) is 33.4 Å². The van der Waals surface area contributed by atoms with Crippen LogP contribution in [0.15, 0.2) is 17.1 Å². The topological polar surface area (TPSA) is 64.1 Å². The average Bonchev–Trinajstić information content (AvgIpc) is 2.61. The van der Waals surface area contributed by atoms with E-state index >= 15 is 0 Å². The maximum absolute atomic E-state index is 5.46. The maximum atomic E-state index is 5.46. The summed E-state index contributed by atoms with van der Waals surface area (Å²) in [6, 6.07) is 3.68. The van der Waals surface area contributed by atoms with Crippen molar-refractivity contribution in [2.75, 3.05) is 41.2 Å². The van der Waals surface area contributed by atoms with E-state index in [4.69, 9.17) is 14.2 Å². The summed E-state index contributed by atoms with van der Waals surface area (Å²) >= 11 is 1.81. The molecule has 25 heavy (non-hydrogen) atoms. The van der Waals surface area contributed by atoms with Crippen molar-refractivity contribution in [2.24, 2.45) is 4.99 Å². The van der Waals surface area contributed by atoms with Gasteiger partial charge >= 0.3 is 0 Å². The smallest absolute Gasteiger partial charge is 0.191 e. The molecular weight excluding hydrogens is 453 g/mol. The van der Waals surface area contributed by atoms with Crippen LogP contribution in [0.4, 0.5) is 0 Å². The van der Waals surface area contributed by atoms with Gasteiger partial charge in [-0.1, -0.05) is 0 Å². The van der Waals surface area contributed by atoms with Crippen LogP contribution in [0.1, 0.15) is 19.4 Å². The number of nitrogens with zero attached hydrogens (tertiary/aromatic N) is 1. The molecule has 8 heteroatoms. The first kappa shape index (κ1) is 24.0. The van der Waals surface area contributed by atoms with Crippen molar-refractivity contribution in [1.82, 2.24) is 10.6 Å². The maximum Gasteiger partial charge on any atom is 0.191 e. The Morgan fingerprint density at radius 3 is 2.04 bits per heavy atom. The summed E-state index contributed by atoms with van der Waals surface area (Å²) in [5.41, 5.74) is 0.910. The lowest BCUT2D eigenvalue weighted by Crippen LogP contribution is -2.43. The highest BCUT2D eigenvalue weighted by molar-refractivity contribution is 14.0. The number of benzene rings is 1. The molecule has 0 bridgehead atoms. The molecule has 0 aliphatic rings. The van der Waals surface area contributed by atoms with Crippen LogP contribution in [0.3, 0.4) is 0 Å². The lowest BCUT2D eigenvalue weighted by Gasteiger charge is -2.24. The second-order valence-corrected chi connectivity index (χ2v) is 7.27. The van der Waals surface area contributed by atoms with E-state index in [1.807, 2.05) is 23.9 Å². The van der Waals surface area contributed by atoms with E-state index in [2.05, 4.69) is 35.7 Å². The quantitative estimate of drug-likeness (QED) is 0.337. The van der Waals surface area contributed by atoms with Gasteiger partial charge in [0.25, 0.3) is 0 Å². The molecule has 1 aromatic carbocycles. The molecule has 0 aliphatic heterocycles. The molecular formula is C17H30IN3O3S. The fraction of sp³-hybridized carbons (Fsp3) is 0.588. The van der Waals surface area contributed by atoms with E-state index in [-0.39, 0.29) is 28.7 Å². The molecule has 0 saturated heterocycles. The lowest BCUT2D eigenvalue weighted by molar-refractivity contribution is 0.368. The molecule has 144 valence electrons. The second-order valence-electron chi connectivity index (χ2n) is 5.75. The third kappa shape index (κ3) is 7.39. The summed E-state index contributed by atoms with van der Waals surface area (Å²) < 4.78 is 16.3. The molecule has 0 heterocycles. The van der Waals surface area contributed by atoms with Gasteiger partial charge in [0.15, 0.2) is 5.96 Å². The summed E-state index contributed by atoms with van der Waals surface area (Å²) in [5, 5.41) is 6.64. The summed E-state index contributed by atoms with van der Waals surface area (Å²) in [6.07, 6.45) is 2.10. The lowest BCUT2D eigenvalue weighted by atomic mass is 10.1. The van der Waals surface area contributed by atoms with Crippen LogP contribution in [0.25, 0.3) is 0 Å². The van der Waals surface area contributed by atoms with E-state index < -0.39 is 0 Å². The number of thioether (sulfide) groups is 1. The summed E-state index contributed by atoms with van der Waals surface area (Å²) in [7, 11) is 6.63. The first-order chi connectivity index (χ1) is 11.4. The molecule has 0 aliphatic carbocycles. The normalized spacial score (nSPS) is 11.4. The van der Waals surface area contributed by atoms with Crippen molar-refractivity contribution in [2.45, 2.75) is 25.1 Å². The zero-order valence-corrected chi connectivity index (χ0v) is 19.2. The number of aliphatic imine (C=N–C) groups is 1. The minimum atomic E-state index is 0. The third-order valence-electron chi connectivity index (χ3n) is 3.71. The number of methoxy groups -OCH3 is 3. The Kier molecular flexibility index (Phi) is 11.1. The highest BCUT2D eigenvalue weighted by atomic mass is 127. The number of halogens is 1. The Morgan fingerprint density at radius 2 is 1.64 bits per heavy atom. The van der Waals surface area contributed by atoms with Gasteiger partial charge in [-0.2, -0.15) is 11.8 Å². The molecule has 0 spiro atoms. The molecule has 6 nitrogen and oxygen atoms in total. The van der Waals surface area contributed by atoms with Crippen molar-refractivity contribution in [3.05, 3.63) is 17.7 Å². The predicted octanol–water partition coefficient (Wildman–Crippen LogP) is 3.14. The van der Waals surface area contributed by atoms with E-state index in [1.54, 1.807) is 28.4 Å². The Balaban J connectivity index is 0.00000576. The molecule has 0 saturated carbocycles. The first-order valence-electron chi connectivity index (χ1n) is 7.69. The van der Waals surface area contributed by atoms with Crippen LogP contribution >= 0.6 is 35.7 Å². The van der Waals surface area contributed by atoms with Gasteiger partial charge in [-0.15, -0.1) is 24.0 Å². The number of rotatable bonds is 8. The van der Waals surface area contributed by atoms with Gasteiger partial charge in [0.1, 0.15) is 17.2 Å². The molecule has 1 rings (SSSR count). The minimum absolute atomic E-state index is 0. The molecule has 0 unspecified atom stereocenters. The number of guanidine groups is 1. The fourth-order valence-corrected chi connectivity index (χ4v) is 2.23. The monoisotopic (exact) mass is 483 g/mol. The summed E-state index contributed by atoms with van der Waals surface area (Å²) in [5.74, 6) is 2.84. The Morgan fingerprint density at radius 1 is 1.08 bits per heavy atom.